The molecular formula is C21H27N5OS. The van der Waals surface area contributed by atoms with Gasteiger partial charge in [-0.2, -0.15) is 0 Å². The van der Waals surface area contributed by atoms with Crippen molar-refractivity contribution in [2.45, 2.75) is 25.3 Å². The van der Waals surface area contributed by atoms with Crippen LogP contribution >= 0.6 is 11.3 Å². The van der Waals surface area contributed by atoms with Crippen LogP contribution in [-0.4, -0.2) is 50.0 Å². The van der Waals surface area contributed by atoms with Gasteiger partial charge in [0.15, 0.2) is 5.96 Å². The van der Waals surface area contributed by atoms with Crippen LogP contribution in [-0.2, 0) is 17.8 Å². The molecule has 3 N–H and O–H groups in total. The van der Waals surface area contributed by atoms with Crippen LogP contribution in [0.4, 0.5) is 5.69 Å². The van der Waals surface area contributed by atoms with Gasteiger partial charge in [0.25, 0.3) is 0 Å². The Hall–Kier alpha value is -2.38. The molecule has 2 aromatic rings. The highest BCUT2D eigenvalue weighted by atomic mass is 32.1. The summed E-state index contributed by atoms with van der Waals surface area (Å²) < 4.78 is 0. The molecule has 1 aromatic carbocycles. The number of fused-ring (bicyclic) bond motifs is 2. The van der Waals surface area contributed by atoms with Gasteiger partial charge in [-0.1, -0.05) is 18.2 Å². The van der Waals surface area contributed by atoms with Crippen molar-refractivity contribution in [1.82, 2.24) is 15.5 Å². The molecule has 0 aliphatic carbocycles. The Bertz CT molecular complexity index is 862. The number of rotatable bonds is 5. The van der Waals surface area contributed by atoms with Crippen molar-refractivity contribution in [3.05, 3.63) is 51.7 Å². The zero-order valence-electron chi connectivity index (χ0n) is 16.2. The second-order valence-electron chi connectivity index (χ2n) is 7.31. The molecule has 3 heterocycles. The Morgan fingerprint density at radius 1 is 1.32 bits per heavy atom. The minimum absolute atomic E-state index is 0.0753. The molecule has 7 heteroatoms. The molecule has 1 atom stereocenters. The third kappa shape index (κ3) is 4.36. The SMILES string of the molecule is CN=C(NCCN1CCc2sccc2C1)NCC1CC(=O)Nc2ccccc21. The zero-order valence-corrected chi connectivity index (χ0v) is 17.0. The quantitative estimate of drug-likeness (QED) is 0.535. The molecule has 28 heavy (non-hydrogen) atoms. The fourth-order valence-corrected chi connectivity index (χ4v) is 4.84. The third-order valence-electron chi connectivity index (χ3n) is 5.45. The van der Waals surface area contributed by atoms with Crippen molar-refractivity contribution >= 4 is 28.9 Å². The van der Waals surface area contributed by atoms with Crippen LogP contribution in [0.2, 0.25) is 0 Å². The summed E-state index contributed by atoms with van der Waals surface area (Å²) in [6, 6.07) is 10.3. The van der Waals surface area contributed by atoms with Gasteiger partial charge in [-0.25, -0.2) is 0 Å². The van der Waals surface area contributed by atoms with E-state index in [1.807, 2.05) is 29.5 Å². The van der Waals surface area contributed by atoms with Crippen LogP contribution in [0.25, 0.3) is 0 Å². The second kappa shape index (κ2) is 8.75. The molecule has 1 unspecified atom stereocenters. The van der Waals surface area contributed by atoms with E-state index in [0.29, 0.717) is 13.0 Å². The molecule has 0 fully saturated rings. The first-order valence-corrected chi connectivity index (χ1v) is 10.7. The Labute approximate surface area is 170 Å². The van der Waals surface area contributed by atoms with Gasteiger partial charge < -0.3 is 16.0 Å². The van der Waals surface area contributed by atoms with Gasteiger partial charge in [0.05, 0.1) is 0 Å². The normalized spacial score (nSPS) is 19.5. The molecule has 0 spiro atoms. The lowest BCUT2D eigenvalue weighted by atomic mass is 9.90. The lowest BCUT2D eigenvalue weighted by Crippen LogP contribution is -2.44. The van der Waals surface area contributed by atoms with Crippen molar-refractivity contribution < 1.29 is 4.79 Å². The van der Waals surface area contributed by atoms with Crippen molar-refractivity contribution in [2.75, 3.05) is 38.5 Å². The molecule has 2 aliphatic heterocycles. The van der Waals surface area contributed by atoms with Crippen molar-refractivity contribution in [1.29, 1.82) is 0 Å². The highest BCUT2D eigenvalue weighted by Crippen LogP contribution is 2.31. The number of carbonyl (C=O) groups excluding carboxylic acids is 1. The monoisotopic (exact) mass is 397 g/mol. The Balaban J connectivity index is 1.25. The van der Waals surface area contributed by atoms with E-state index in [1.165, 1.54) is 11.1 Å². The second-order valence-corrected chi connectivity index (χ2v) is 8.31. The number of nitrogens with zero attached hydrogens (tertiary/aromatic N) is 2. The predicted molar refractivity (Wildman–Crippen MR) is 115 cm³/mol. The van der Waals surface area contributed by atoms with E-state index in [9.17, 15) is 4.79 Å². The summed E-state index contributed by atoms with van der Waals surface area (Å²) in [5, 5.41) is 11.9. The number of carbonyl (C=O) groups is 1. The predicted octanol–water partition coefficient (Wildman–Crippen LogP) is 2.40. The van der Waals surface area contributed by atoms with E-state index in [1.54, 1.807) is 11.9 Å². The van der Waals surface area contributed by atoms with Crippen LogP contribution < -0.4 is 16.0 Å². The highest BCUT2D eigenvalue weighted by Gasteiger charge is 2.24. The Morgan fingerprint density at radius 2 is 2.21 bits per heavy atom. The number of hydrogen-bond acceptors (Lipinski definition) is 4. The number of amides is 1. The van der Waals surface area contributed by atoms with E-state index < -0.39 is 0 Å². The first kappa shape index (κ1) is 19.0. The fraction of sp³-hybridized carbons (Fsp3) is 0.429. The fourth-order valence-electron chi connectivity index (χ4n) is 3.95. The van der Waals surface area contributed by atoms with Gasteiger partial charge in [0, 0.05) is 62.7 Å². The molecule has 0 radical (unpaired) electrons. The zero-order chi connectivity index (χ0) is 19.3. The molecule has 6 nitrogen and oxygen atoms in total. The number of nitrogens with one attached hydrogen (secondary N) is 3. The molecule has 2 aliphatic rings. The molecule has 0 saturated carbocycles. The average molecular weight is 398 g/mol. The molecule has 0 saturated heterocycles. The first-order chi connectivity index (χ1) is 13.7. The van der Waals surface area contributed by atoms with Crippen LogP contribution in [0.3, 0.4) is 0 Å². The highest BCUT2D eigenvalue weighted by molar-refractivity contribution is 7.10. The maximum Gasteiger partial charge on any atom is 0.225 e. The third-order valence-corrected chi connectivity index (χ3v) is 6.48. The molecule has 1 aromatic heterocycles. The molecule has 148 valence electrons. The minimum atomic E-state index is 0.0753. The summed E-state index contributed by atoms with van der Waals surface area (Å²) in [4.78, 5) is 20.3. The van der Waals surface area contributed by atoms with Gasteiger partial charge in [-0.3, -0.25) is 14.7 Å². The van der Waals surface area contributed by atoms with E-state index in [-0.39, 0.29) is 11.8 Å². The summed E-state index contributed by atoms with van der Waals surface area (Å²) in [5.41, 5.74) is 3.59. The number of guanidine groups is 1. The maximum absolute atomic E-state index is 12.0. The summed E-state index contributed by atoms with van der Waals surface area (Å²) >= 11 is 1.88. The van der Waals surface area contributed by atoms with Crippen molar-refractivity contribution in [3.63, 3.8) is 0 Å². The maximum atomic E-state index is 12.0. The van der Waals surface area contributed by atoms with E-state index in [4.69, 9.17) is 0 Å². The summed E-state index contributed by atoms with van der Waals surface area (Å²) in [7, 11) is 1.79. The Kier molecular flexibility index (Phi) is 5.92. The van der Waals surface area contributed by atoms with E-state index in [2.05, 4.69) is 43.4 Å². The van der Waals surface area contributed by atoms with Crippen molar-refractivity contribution in [3.8, 4) is 0 Å². The average Bonchev–Trinajstić information content (AvgIpc) is 3.18. The Morgan fingerprint density at radius 3 is 3.11 bits per heavy atom. The number of thiophene rings is 1. The lowest BCUT2D eigenvalue weighted by molar-refractivity contribution is -0.116. The number of benzene rings is 1. The smallest absolute Gasteiger partial charge is 0.225 e. The van der Waals surface area contributed by atoms with Crippen LogP contribution in [0, 0.1) is 0 Å². The molecule has 1 amide bonds. The van der Waals surface area contributed by atoms with Crippen molar-refractivity contribution in [2.24, 2.45) is 4.99 Å². The topological polar surface area (TPSA) is 68.8 Å². The van der Waals surface area contributed by atoms with Gasteiger partial charge >= 0.3 is 0 Å². The number of anilines is 1. The van der Waals surface area contributed by atoms with Gasteiger partial charge in [0.1, 0.15) is 0 Å². The van der Waals surface area contributed by atoms with E-state index >= 15 is 0 Å². The minimum Gasteiger partial charge on any atom is -0.356 e. The number of hydrogen-bond donors (Lipinski definition) is 3. The summed E-state index contributed by atoms with van der Waals surface area (Å²) in [6.07, 6.45) is 1.65. The number of para-hydroxylation sites is 1. The standard InChI is InChI=1S/C21H27N5OS/c1-22-21(23-8-10-26-9-6-19-15(14-26)7-11-28-19)24-13-16-12-20(27)25-18-5-3-2-4-17(16)18/h2-5,7,11,16H,6,8-10,12-14H2,1H3,(H,25,27)(H2,22,23,24). The van der Waals surface area contributed by atoms with Gasteiger partial charge in [-0.05, 0) is 35.1 Å². The van der Waals surface area contributed by atoms with E-state index in [0.717, 1.165) is 44.2 Å². The largest absolute Gasteiger partial charge is 0.356 e. The molecule has 0 bridgehead atoms. The summed E-state index contributed by atoms with van der Waals surface area (Å²) in [6.45, 7) is 4.69. The first-order valence-electron chi connectivity index (χ1n) is 9.84. The van der Waals surface area contributed by atoms with Gasteiger partial charge in [0.2, 0.25) is 5.91 Å². The van der Waals surface area contributed by atoms with Gasteiger partial charge in [-0.15, -0.1) is 11.3 Å². The lowest BCUT2D eigenvalue weighted by Gasteiger charge is -2.28. The van der Waals surface area contributed by atoms with Crippen LogP contribution in [0.5, 0.6) is 0 Å². The molecule has 4 rings (SSSR count). The molecular weight excluding hydrogens is 370 g/mol. The van der Waals surface area contributed by atoms with Crippen LogP contribution in [0.15, 0.2) is 40.7 Å². The van der Waals surface area contributed by atoms with Crippen LogP contribution in [0.1, 0.15) is 28.3 Å². The number of aliphatic imine (C=N–C) groups is 1. The summed E-state index contributed by atoms with van der Waals surface area (Å²) in [5.74, 6) is 1.02.